The Morgan fingerprint density at radius 3 is 2.90 bits per heavy atom. The Labute approximate surface area is 190 Å². The van der Waals surface area contributed by atoms with Crippen molar-refractivity contribution in [2.45, 2.75) is 68.5 Å². The molecule has 1 saturated carbocycles. The molecule has 0 spiro atoms. The number of carboxylic acid groups (broad SMARTS) is 1. The van der Waals surface area contributed by atoms with Crippen molar-refractivity contribution < 1.29 is 24.5 Å². The van der Waals surface area contributed by atoms with E-state index in [1.165, 1.54) is 28.5 Å². The van der Waals surface area contributed by atoms with Crippen molar-refractivity contribution in [1.29, 1.82) is 0 Å². The zero-order chi connectivity index (χ0) is 22.4. The summed E-state index contributed by atoms with van der Waals surface area (Å²) in [4.78, 5) is 28.9. The van der Waals surface area contributed by atoms with Gasteiger partial charge in [0.25, 0.3) is 0 Å². The van der Waals surface area contributed by atoms with Crippen molar-refractivity contribution >= 4 is 35.2 Å². The Hall–Kier alpha value is -2.02. The zero-order valence-electron chi connectivity index (χ0n) is 17.7. The van der Waals surface area contributed by atoms with Crippen LogP contribution in [-0.4, -0.2) is 62.7 Å². The molecule has 2 aliphatic rings. The molecule has 2 fully saturated rings. The van der Waals surface area contributed by atoms with Crippen LogP contribution in [0.25, 0.3) is 0 Å². The molecule has 1 aromatic rings. The van der Waals surface area contributed by atoms with Gasteiger partial charge in [0.05, 0.1) is 12.1 Å². The van der Waals surface area contributed by atoms with Gasteiger partial charge in [-0.15, -0.1) is 23.2 Å². The molecular formula is C22H28N2O5S2. The normalized spacial score (nSPS) is 23.2. The third-order valence-electron chi connectivity index (χ3n) is 5.83. The number of carboxylic acids is 1. The molecule has 3 atom stereocenters. The molecule has 1 amide bonds. The largest absolute Gasteiger partial charge is 0.476 e. The highest BCUT2D eigenvalue weighted by Crippen LogP contribution is 2.47. The molecule has 168 valence electrons. The van der Waals surface area contributed by atoms with Crippen LogP contribution in [0.15, 0.2) is 21.9 Å². The number of amides is 1. The van der Waals surface area contributed by atoms with Gasteiger partial charge >= 0.3 is 12.1 Å². The molecule has 0 radical (unpaired) electrons. The van der Waals surface area contributed by atoms with Crippen LogP contribution in [0.5, 0.6) is 0 Å². The third kappa shape index (κ3) is 5.62. The predicted molar refractivity (Wildman–Crippen MR) is 120 cm³/mol. The van der Waals surface area contributed by atoms with Gasteiger partial charge in [-0.1, -0.05) is 37.3 Å². The number of nitrogens with zero attached hydrogens (tertiary/aromatic N) is 2. The van der Waals surface area contributed by atoms with Crippen molar-refractivity contribution in [2.24, 2.45) is 5.41 Å². The van der Waals surface area contributed by atoms with Gasteiger partial charge in [0.1, 0.15) is 6.10 Å². The standard InChI is InChI=1S/C22H28N2O5S2/c1-3-4-5-9-22(10-6-11-22)18(25)8-7-17-15(2)29-21(28)24(17)12-13-30-20-23-16(14-31-20)19(26)27/h7-8,14-15,17-18,25H,3,6,9-13H2,1-2H3,(H,26,27)/t15-,17-,18?/m0/s1. The Morgan fingerprint density at radius 2 is 2.29 bits per heavy atom. The summed E-state index contributed by atoms with van der Waals surface area (Å²) in [5.41, 5.74) is -0.149. The van der Waals surface area contributed by atoms with E-state index in [2.05, 4.69) is 16.8 Å². The van der Waals surface area contributed by atoms with E-state index < -0.39 is 12.1 Å². The van der Waals surface area contributed by atoms with E-state index >= 15 is 0 Å². The van der Waals surface area contributed by atoms with Crippen LogP contribution < -0.4 is 0 Å². The molecule has 9 heteroatoms. The number of thiazole rings is 1. The number of carbonyl (C=O) groups excluding carboxylic acids is 1. The maximum atomic E-state index is 12.3. The topological polar surface area (TPSA) is 100.0 Å². The van der Waals surface area contributed by atoms with Crippen LogP contribution in [0.1, 0.15) is 56.4 Å². The monoisotopic (exact) mass is 464 g/mol. The summed E-state index contributed by atoms with van der Waals surface area (Å²) in [6.07, 6.45) is 6.91. The van der Waals surface area contributed by atoms with Gasteiger partial charge in [-0.05, 0) is 19.8 Å². The minimum absolute atomic E-state index is 0.0325. The van der Waals surface area contributed by atoms with Gasteiger partial charge in [-0.3, -0.25) is 4.90 Å². The SMILES string of the molecule is CCC#CCC1(C(O)C=C[C@H]2[C@H](C)OC(=O)N2CCSc2nc(C(=O)O)cs2)CCC1. The lowest BCUT2D eigenvalue weighted by atomic mass is 9.63. The predicted octanol–water partition coefficient (Wildman–Crippen LogP) is 4.03. The summed E-state index contributed by atoms with van der Waals surface area (Å²) in [6, 6.07) is -0.257. The van der Waals surface area contributed by atoms with E-state index in [0.717, 1.165) is 25.7 Å². The minimum Gasteiger partial charge on any atom is -0.476 e. The number of aliphatic hydroxyl groups excluding tert-OH is 1. The molecule has 31 heavy (non-hydrogen) atoms. The second-order valence-corrected chi connectivity index (χ2v) is 10.1. The number of aromatic carboxylic acids is 1. The average molecular weight is 465 g/mol. The number of cyclic esters (lactones) is 1. The van der Waals surface area contributed by atoms with Crippen LogP contribution in [0.4, 0.5) is 4.79 Å². The minimum atomic E-state index is -1.05. The lowest BCUT2D eigenvalue weighted by Crippen LogP contribution is -2.41. The smallest absolute Gasteiger partial charge is 0.410 e. The molecule has 2 heterocycles. The summed E-state index contributed by atoms with van der Waals surface area (Å²) in [6.45, 7) is 4.30. The first-order valence-electron chi connectivity index (χ1n) is 10.5. The van der Waals surface area contributed by atoms with Gasteiger partial charge in [-0.2, -0.15) is 0 Å². The number of hydrogen-bond acceptors (Lipinski definition) is 7. The van der Waals surface area contributed by atoms with E-state index in [0.29, 0.717) is 23.1 Å². The Morgan fingerprint density at radius 1 is 1.52 bits per heavy atom. The van der Waals surface area contributed by atoms with Crippen molar-refractivity contribution in [3.63, 3.8) is 0 Å². The Bertz CT molecular complexity index is 884. The van der Waals surface area contributed by atoms with Gasteiger partial charge in [0.2, 0.25) is 0 Å². The fraction of sp³-hybridized carbons (Fsp3) is 0.591. The number of ether oxygens (including phenoxy) is 1. The number of aliphatic hydroxyl groups is 1. The van der Waals surface area contributed by atoms with Crippen LogP contribution in [0.3, 0.4) is 0 Å². The number of rotatable bonds is 9. The molecule has 3 rings (SSSR count). The summed E-state index contributed by atoms with van der Waals surface area (Å²) >= 11 is 2.68. The Kier molecular flexibility index (Phi) is 8.03. The van der Waals surface area contributed by atoms with Crippen molar-refractivity contribution in [2.75, 3.05) is 12.3 Å². The van der Waals surface area contributed by atoms with Crippen molar-refractivity contribution in [1.82, 2.24) is 9.88 Å². The second kappa shape index (κ2) is 10.5. The first kappa shape index (κ1) is 23.6. The lowest BCUT2D eigenvalue weighted by molar-refractivity contribution is -0.00120. The van der Waals surface area contributed by atoms with Crippen molar-refractivity contribution in [3.05, 3.63) is 23.2 Å². The average Bonchev–Trinajstić information content (AvgIpc) is 3.27. The van der Waals surface area contributed by atoms with Crippen LogP contribution in [0, 0.1) is 17.3 Å². The lowest BCUT2D eigenvalue weighted by Gasteiger charge is -2.43. The first-order chi connectivity index (χ1) is 14.9. The van der Waals surface area contributed by atoms with Crippen LogP contribution >= 0.6 is 23.1 Å². The Balaban J connectivity index is 1.59. The molecule has 1 aliphatic heterocycles. The molecule has 0 aromatic carbocycles. The summed E-state index contributed by atoms with van der Waals surface area (Å²) in [5.74, 6) is 5.80. The number of thioether (sulfide) groups is 1. The van der Waals surface area contributed by atoms with E-state index in [1.807, 2.05) is 19.9 Å². The molecule has 7 nitrogen and oxygen atoms in total. The molecule has 1 saturated heterocycles. The molecular weight excluding hydrogens is 436 g/mol. The summed E-state index contributed by atoms with van der Waals surface area (Å²) in [7, 11) is 0. The second-order valence-electron chi connectivity index (χ2n) is 7.85. The number of aromatic nitrogens is 1. The molecule has 1 aromatic heterocycles. The first-order valence-corrected chi connectivity index (χ1v) is 12.3. The molecule has 2 N–H and O–H groups in total. The number of carbonyl (C=O) groups is 2. The highest BCUT2D eigenvalue weighted by molar-refractivity contribution is 8.01. The van der Waals surface area contributed by atoms with Crippen LogP contribution in [-0.2, 0) is 4.74 Å². The van der Waals surface area contributed by atoms with E-state index in [9.17, 15) is 14.7 Å². The zero-order valence-corrected chi connectivity index (χ0v) is 19.4. The fourth-order valence-corrected chi connectivity index (χ4v) is 5.63. The van der Waals surface area contributed by atoms with Crippen LogP contribution in [0.2, 0.25) is 0 Å². The maximum Gasteiger partial charge on any atom is 0.410 e. The quantitative estimate of drug-likeness (QED) is 0.323. The van der Waals surface area contributed by atoms with Crippen molar-refractivity contribution in [3.8, 4) is 11.8 Å². The van der Waals surface area contributed by atoms with Gasteiger partial charge < -0.3 is 14.9 Å². The highest BCUT2D eigenvalue weighted by Gasteiger charge is 2.42. The summed E-state index contributed by atoms with van der Waals surface area (Å²) < 4.78 is 6.05. The number of hydrogen-bond donors (Lipinski definition) is 2. The van der Waals surface area contributed by atoms with Gasteiger partial charge in [-0.25, -0.2) is 14.6 Å². The fourth-order valence-electron chi connectivity index (χ4n) is 3.82. The van der Waals surface area contributed by atoms with Gasteiger partial charge in [0.15, 0.2) is 10.0 Å². The molecule has 0 bridgehead atoms. The van der Waals surface area contributed by atoms with Gasteiger partial charge in [0, 0.05) is 35.9 Å². The molecule has 1 unspecified atom stereocenters. The van der Waals surface area contributed by atoms with E-state index in [-0.39, 0.29) is 29.3 Å². The maximum absolute atomic E-state index is 12.3. The molecule has 1 aliphatic carbocycles. The van der Waals surface area contributed by atoms with E-state index in [4.69, 9.17) is 9.84 Å². The highest BCUT2D eigenvalue weighted by atomic mass is 32.2. The summed E-state index contributed by atoms with van der Waals surface area (Å²) in [5, 5.41) is 21.3. The van der Waals surface area contributed by atoms with E-state index in [1.54, 1.807) is 11.0 Å². The third-order valence-corrected chi connectivity index (χ3v) is 7.83.